The number of hydrogen-bond acceptors (Lipinski definition) is 9. The number of anilines is 1. The Morgan fingerprint density at radius 3 is 2.70 bits per heavy atom. The third-order valence-corrected chi connectivity index (χ3v) is 3.78. The van der Waals surface area contributed by atoms with Crippen LogP contribution in [0.25, 0.3) is 11.2 Å². The first-order valence-electron chi connectivity index (χ1n) is 6.63. The molecule has 23 heavy (non-hydrogen) atoms. The van der Waals surface area contributed by atoms with Crippen molar-refractivity contribution in [3.05, 3.63) is 20.8 Å². The van der Waals surface area contributed by atoms with Crippen molar-refractivity contribution in [2.45, 2.75) is 24.5 Å². The lowest BCUT2D eigenvalue weighted by atomic mass is 10.1. The van der Waals surface area contributed by atoms with Gasteiger partial charge in [-0.3, -0.25) is 14.8 Å². The second-order valence-corrected chi connectivity index (χ2v) is 5.11. The van der Waals surface area contributed by atoms with Crippen LogP contribution in [-0.2, 0) is 14.2 Å². The van der Waals surface area contributed by atoms with Crippen molar-refractivity contribution in [3.63, 3.8) is 0 Å². The van der Waals surface area contributed by atoms with Gasteiger partial charge in [-0.15, -0.1) is 0 Å². The van der Waals surface area contributed by atoms with Crippen LogP contribution in [0.15, 0.2) is 9.59 Å². The number of hydrogen-bond donors (Lipinski definition) is 4. The minimum atomic E-state index is -1.11. The van der Waals surface area contributed by atoms with Crippen molar-refractivity contribution in [2.75, 3.05) is 12.3 Å². The fourth-order valence-corrected chi connectivity index (χ4v) is 2.85. The Bertz CT molecular complexity index is 914. The number of nitrogens with zero attached hydrogens (tertiary/aromatic N) is 2. The van der Waals surface area contributed by atoms with Gasteiger partial charge in [0.25, 0.3) is 5.56 Å². The number of nitrogens with two attached hydrogens (primary N) is 1. The molecule has 12 nitrogen and oxygen atoms in total. The van der Waals surface area contributed by atoms with Gasteiger partial charge in [0.05, 0.1) is 6.61 Å². The van der Waals surface area contributed by atoms with Gasteiger partial charge in [0.1, 0.15) is 6.10 Å². The second kappa shape index (κ2) is 4.57. The number of fused-ring (bicyclic) bond motifs is 2. The molecule has 0 spiro atoms. The van der Waals surface area contributed by atoms with E-state index >= 15 is 0 Å². The van der Waals surface area contributed by atoms with E-state index in [1.54, 1.807) is 0 Å². The minimum Gasteiger partial charge on any atom is -0.424 e. The van der Waals surface area contributed by atoms with Gasteiger partial charge in [-0.25, -0.2) is 14.2 Å². The van der Waals surface area contributed by atoms with Gasteiger partial charge in [0.15, 0.2) is 29.6 Å². The first-order valence-corrected chi connectivity index (χ1v) is 6.63. The zero-order valence-electron chi connectivity index (χ0n) is 11.4. The average Bonchev–Trinajstić information content (AvgIpc) is 3.10. The number of ether oxygens (including phenoxy) is 3. The van der Waals surface area contributed by atoms with E-state index in [2.05, 4.69) is 15.0 Å². The molecule has 0 radical (unpaired) electrons. The Balaban J connectivity index is 1.89. The van der Waals surface area contributed by atoms with E-state index in [9.17, 15) is 19.5 Å². The molecule has 5 N–H and O–H groups in total. The third-order valence-electron chi connectivity index (χ3n) is 3.78. The predicted molar refractivity (Wildman–Crippen MR) is 71.5 cm³/mol. The molecular weight excluding hydrogens is 314 g/mol. The highest BCUT2D eigenvalue weighted by Gasteiger charge is 2.55. The second-order valence-electron chi connectivity index (χ2n) is 5.11. The molecule has 4 heterocycles. The molecule has 0 saturated carbocycles. The van der Waals surface area contributed by atoms with E-state index in [0.29, 0.717) is 0 Å². The van der Waals surface area contributed by atoms with Crippen LogP contribution in [0.4, 0.5) is 10.7 Å². The normalized spacial score (nSPS) is 29.5. The van der Waals surface area contributed by atoms with Crippen molar-refractivity contribution < 1.29 is 24.1 Å². The number of aliphatic hydroxyl groups is 1. The Morgan fingerprint density at radius 1 is 1.22 bits per heavy atom. The maximum atomic E-state index is 12.2. The van der Waals surface area contributed by atoms with Gasteiger partial charge >= 0.3 is 11.8 Å². The van der Waals surface area contributed by atoms with E-state index in [1.807, 2.05) is 0 Å². The van der Waals surface area contributed by atoms with Crippen LogP contribution in [0.2, 0.25) is 0 Å². The van der Waals surface area contributed by atoms with Gasteiger partial charge < -0.3 is 25.1 Å². The molecule has 0 amide bonds. The summed E-state index contributed by atoms with van der Waals surface area (Å²) in [7, 11) is 0. The average molecular weight is 325 g/mol. The summed E-state index contributed by atoms with van der Waals surface area (Å²) in [6.45, 7) is -0.443. The van der Waals surface area contributed by atoms with E-state index < -0.39 is 48.6 Å². The number of aromatic nitrogens is 4. The smallest absolute Gasteiger partial charge is 0.424 e. The summed E-state index contributed by atoms with van der Waals surface area (Å²) < 4.78 is 16.5. The van der Waals surface area contributed by atoms with Crippen LogP contribution in [-0.4, -0.2) is 55.7 Å². The Kier molecular flexibility index (Phi) is 2.74. The number of aliphatic hydroxyl groups excluding tert-OH is 1. The SMILES string of the molecule is Nc1nc2c([nH]c(=O)n2[C@@H]2O[C@H](CO)[C@H]3OC(=O)O[C@H]32)c(=O)[nH]1. The first kappa shape index (κ1) is 13.8. The predicted octanol–water partition coefficient (Wildman–Crippen LogP) is -2.21. The van der Waals surface area contributed by atoms with Gasteiger partial charge in [-0.05, 0) is 0 Å². The largest absolute Gasteiger partial charge is 0.509 e. The zero-order valence-corrected chi connectivity index (χ0v) is 11.4. The summed E-state index contributed by atoms with van der Waals surface area (Å²) in [5.41, 5.74) is 4.02. The lowest BCUT2D eigenvalue weighted by Gasteiger charge is -2.16. The van der Waals surface area contributed by atoms with Gasteiger partial charge in [0, 0.05) is 0 Å². The Hall–Kier alpha value is -2.86. The van der Waals surface area contributed by atoms with Crippen LogP contribution in [0.1, 0.15) is 6.23 Å². The van der Waals surface area contributed by atoms with Gasteiger partial charge in [-0.1, -0.05) is 0 Å². The topological polar surface area (TPSA) is 175 Å². The third kappa shape index (κ3) is 1.85. The standard InChI is InChI=1S/C11H11N5O7/c12-9-14-6-3(7(18)15-9)13-10(19)16(6)8-5-4(2(1-17)21-8)22-11(20)23-5/h2,4-5,8,17H,1H2,(H,13,19)(H3,12,14,15,18)/t2-,4-,5-,8-/m1/s1. The molecule has 0 aromatic carbocycles. The molecule has 4 atom stereocenters. The van der Waals surface area contributed by atoms with E-state index in [0.717, 1.165) is 4.57 Å². The number of H-pyrrole nitrogens is 2. The number of nitrogen functional groups attached to an aromatic ring is 1. The molecule has 4 rings (SSSR count). The summed E-state index contributed by atoms with van der Waals surface area (Å²) in [5.74, 6) is -0.192. The summed E-state index contributed by atoms with van der Waals surface area (Å²) in [4.78, 5) is 43.9. The van der Waals surface area contributed by atoms with Crippen molar-refractivity contribution in [3.8, 4) is 0 Å². The maximum absolute atomic E-state index is 12.2. The molecule has 0 bridgehead atoms. The van der Waals surface area contributed by atoms with Crippen LogP contribution in [0.3, 0.4) is 0 Å². The van der Waals surface area contributed by atoms with Crippen LogP contribution < -0.4 is 17.0 Å². The Morgan fingerprint density at radius 2 is 1.96 bits per heavy atom. The number of aromatic amines is 2. The van der Waals surface area contributed by atoms with Crippen LogP contribution >= 0.6 is 0 Å². The molecule has 2 aliphatic heterocycles. The number of rotatable bonds is 2. The zero-order chi connectivity index (χ0) is 16.3. The summed E-state index contributed by atoms with van der Waals surface area (Å²) in [6, 6.07) is 0. The molecule has 2 saturated heterocycles. The fraction of sp³-hybridized carbons (Fsp3) is 0.455. The monoisotopic (exact) mass is 325 g/mol. The number of carbonyl (C=O) groups is 1. The lowest BCUT2D eigenvalue weighted by Crippen LogP contribution is -2.32. The maximum Gasteiger partial charge on any atom is 0.509 e. The highest BCUT2D eigenvalue weighted by molar-refractivity contribution is 5.70. The van der Waals surface area contributed by atoms with Crippen molar-refractivity contribution in [1.82, 2.24) is 19.5 Å². The number of nitrogens with one attached hydrogen (secondary N) is 2. The van der Waals surface area contributed by atoms with Crippen molar-refractivity contribution in [1.29, 1.82) is 0 Å². The minimum absolute atomic E-state index is 0.0541. The number of carbonyl (C=O) groups excluding carboxylic acids is 1. The van der Waals surface area contributed by atoms with Crippen LogP contribution in [0, 0.1) is 0 Å². The first-order chi connectivity index (χ1) is 11.0. The Labute approximate surface area is 125 Å². The molecule has 2 fully saturated rings. The summed E-state index contributed by atoms with van der Waals surface area (Å²) in [5, 5.41) is 9.33. The molecule has 0 unspecified atom stereocenters. The lowest BCUT2D eigenvalue weighted by molar-refractivity contribution is -0.0715. The molecular formula is C11H11N5O7. The van der Waals surface area contributed by atoms with Crippen molar-refractivity contribution >= 4 is 23.3 Å². The molecule has 122 valence electrons. The molecule has 0 aliphatic carbocycles. The van der Waals surface area contributed by atoms with Crippen LogP contribution in [0.5, 0.6) is 0 Å². The molecule has 2 aromatic rings. The van der Waals surface area contributed by atoms with Gasteiger partial charge in [-0.2, -0.15) is 4.98 Å². The summed E-state index contributed by atoms with van der Waals surface area (Å²) in [6.07, 6.45) is -4.73. The van der Waals surface area contributed by atoms with E-state index in [-0.39, 0.29) is 17.1 Å². The van der Waals surface area contributed by atoms with E-state index in [4.69, 9.17) is 19.9 Å². The fourth-order valence-electron chi connectivity index (χ4n) is 2.85. The number of imidazole rings is 1. The highest BCUT2D eigenvalue weighted by Crippen LogP contribution is 2.37. The quantitative estimate of drug-likeness (QED) is 0.446. The van der Waals surface area contributed by atoms with E-state index in [1.165, 1.54) is 0 Å². The molecule has 2 aliphatic rings. The van der Waals surface area contributed by atoms with Gasteiger partial charge in [0.2, 0.25) is 5.95 Å². The molecule has 12 heteroatoms. The van der Waals surface area contributed by atoms with Crippen molar-refractivity contribution in [2.24, 2.45) is 0 Å². The molecule has 2 aromatic heterocycles. The summed E-state index contributed by atoms with van der Waals surface area (Å²) >= 11 is 0. The highest BCUT2D eigenvalue weighted by atomic mass is 16.8.